The molecule has 27 heavy (non-hydrogen) atoms. The third-order valence-electron chi connectivity index (χ3n) is 3.98. The van der Waals surface area contributed by atoms with Crippen LogP contribution in [0.15, 0.2) is 48.5 Å². The molecule has 0 saturated carbocycles. The lowest BCUT2D eigenvalue weighted by atomic mass is 10.0. The summed E-state index contributed by atoms with van der Waals surface area (Å²) in [5.74, 6) is -0.112. The van der Waals surface area contributed by atoms with Crippen LogP contribution in [0, 0.1) is 10.1 Å². The van der Waals surface area contributed by atoms with Crippen molar-refractivity contribution in [1.82, 2.24) is 4.90 Å². The van der Waals surface area contributed by atoms with Crippen LogP contribution in [0.25, 0.3) is 0 Å². The number of nitro groups is 1. The Morgan fingerprint density at radius 1 is 1.19 bits per heavy atom. The van der Waals surface area contributed by atoms with Crippen molar-refractivity contribution >= 4 is 17.9 Å². The van der Waals surface area contributed by atoms with E-state index in [4.69, 9.17) is 4.74 Å². The van der Waals surface area contributed by atoms with Gasteiger partial charge in [0.15, 0.2) is 12.9 Å². The van der Waals surface area contributed by atoms with Crippen LogP contribution in [-0.2, 0) is 11.3 Å². The van der Waals surface area contributed by atoms with E-state index < -0.39 is 10.5 Å². The van der Waals surface area contributed by atoms with Crippen molar-refractivity contribution in [3.63, 3.8) is 0 Å². The van der Waals surface area contributed by atoms with Gasteiger partial charge < -0.3 is 9.64 Å². The summed E-state index contributed by atoms with van der Waals surface area (Å²) >= 11 is 0. The molecule has 2 rings (SSSR count). The smallest absolute Gasteiger partial charge is 0.270 e. The number of amides is 1. The van der Waals surface area contributed by atoms with Crippen LogP contribution in [-0.4, -0.2) is 34.2 Å². The number of benzene rings is 2. The van der Waals surface area contributed by atoms with Crippen molar-refractivity contribution in [3.8, 4) is 5.75 Å². The normalized spacial score (nSPS) is 10.9. The molecule has 2 aromatic rings. The Hall–Kier alpha value is -3.22. The SMILES string of the molecule is CC(C)(C)N(Cc1ccccc1)C(=O)COc1ccc([N+](=O)[O-])cc1C=O. The van der Waals surface area contributed by atoms with Gasteiger partial charge in [-0.2, -0.15) is 0 Å². The van der Waals surface area contributed by atoms with Gasteiger partial charge >= 0.3 is 0 Å². The highest BCUT2D eigenvalue weighted by Crippen LogP contribution is 2.23. The molecule has 0 atom stereocenters. The van der Waals surface area contributed by atoms with Crippen molar-refractivity contribution in [2.75, 3.05) is 6.61 Å². The maximum atomic E-state index is 12.7. The highest BCUT2D eigenvalue weighted by Gasteiger charge is 2.27. The van der Waals surface area contributed by atoms with Crippen molar-refractivity contribution in [2.45, 2.75) is 32.9 Å². The first-order valence-corrected chi connectivity index (χ1v) is 8.43. The molecule has 0 spiro atoms. The van der Waals surface area contributed by atoms with E-state index in [-0.39, 0.29) is 29.5 Å². The minimum atomic E-state index is -0.594. The number of carbonyl (C=O) groups is 2. The van der Waals surface area contributed by atoms with Crippen molar-refractivity contribution in [1.29, 1.82) is 0 Å². The highest BCUT2D eigenvalue weighted by atomic mass is 16.6. The molecule has 0 N–H and O–H groups in total. The second kappa shape index (κ2) is 8.44. The third kappa shape index (κ3) is 5.37. The molecular formula is C20H22N2O5. The number of nitrogens with zero attached hydrogens (tertiary/aromatic N) is 2. The summed E-state index contributed by atoms with van der Waals surface area (Å²) in [5, 5.41) is 10.8. The van der Waals surface area contributed by atoms with E-state index in [2.05, 4.69) is 0 Å². The number of ether oxygens (including phenoxy) is 1. The van der Waals surface area contributed by atoms with Crippen LogP contribution in [0.4, 0.5) is 5.69 Å². The number of non-ortho nitro benzene ring substituents is 1. The van der Waals surface area contributed by atoms with E-state index >= 15 is 0 Å². The predicted molar refractivity (Wildman–Crippen MR) is 101 cm³/mol. The Morgan fingerprint density at radius 3 is 2.41 bits per heavy atom. The lowest BCUT2D eigenvalue weighted by molar-refractivity contribution is -0.384. The summed E-state index contributed by atoms with van der Waals surface area (Å²) in [6.07, 6.45) is 0.471. The van der Waals surface area contributed by atoms with E-state index in [1.807, 2.05) is 51.1 Å². The zero-order valence-corrected chi connectivity index (χ0v) is 15.5. The van der Waals surface area contributed by atoms with Gasteiger partial charge in [-0.3, -0.25) is 19.7 Å². The molecule has 0 aliphatic carbocycles. The monoisotopic (exact) mass is 370 g/mol. The summed E-state index contributed by atoms with van der Waals surface area (Å²) in [6, 6.07) is 13.3. The van der Waals surface area contributed by atoms with Gasteiger partial charge in [0.2, 0.25) is 0 Å². The molecule has 7 nitrogen and oxygen atoms in total. The van der Waals surface area contributed by atoms with Crippen LogP contribution in [0.1, 0.15) is 36.7 Å². The van der Waals surface area contributed by atoms with E-state index in [1.165, 1.54) is 12.1 Å². The summed E-state index contributed by atoms with van der Waals surface area (Å²) < 4.78 is 5.49. The maximum absolute atomic E-state index is 12.7. The maximum Gasteiger partial charge on any atom is 0.270 e. The number of rotatable bonds is 7. The van der Waals surface area contributed by atoms with Crippen LogP contribution in [0.2, 0.25) is 0 Å². The number of nitro benzene ring substituents is 1. The Bertz CT molecular complexity index is 828. The topological polar surface area (TPSA) is 89.8 Å². The molecule has 0 aliphatic rings. The van der Waals surface area contributed by atoms with Crippen LogP contribution < -0.4 is 4.74 Å². The molecular weight excluding hydrogens is 348 g/mol. The fourth-order valence-electron chi connectivity index (χ4n) is 2.56. The minimum absolute atomic E-state index is 0.0300. The summed E-state index contributed by atoms with van der Waals surface area (Å²) in [5.41, 5.74) is 0.377. The largest absolute Gasteiger partial charge is 0.483 e. The van der Waals surface area contributed by atoms with Gasteiger partial charge in [-0.15, -0.1) is 0 Å². The molecule has 0 saturated heterocycles. The van der Waals surface area contributed by atoms with Crippen LogP contribution in [0.5, 0.6) is 5.75 Å². The zero-order valence-electron chi connectivity index (χ0n) is 15.5. The predicted octanol–water partition coefficient (Wildman–Crippen LogP) is 3.61. The van der Waals surface area contributed by atoms with Crippen LogP contribution >= 0.6 is 0 Å². The molecule has 0 unspecified atom stereocenters. The Balaban J connectivity index is 2.14. The third-order valence-corrected chi connectivity index (χ3v) is 3.98. The van der Waals surface area contributed by atoms with Gasteiger partial charge in [0.1, 0.15) is 5.75 Å². The first kappa shape index (κ1) is 20.1. The second-order valence-corrected chi connectivity index (χ2v) is 7.02. The van der Waals surface area contributed by atoms with Gasteiger partial charge in [0, 0.05) is 24.2 Å². The number of aldehydes is 1. The number of hydrogen-bond acceptors (Lipinski definition) is 5. The molecule has 0 aromatic heterocycles. The van der Waals surface area contributed by atoms with Crippen molar-refractivity contribution in [2.24, 2.45) is 0 Å². The van der Waals surface area contributed by atoms with Gasteiger partial charge in [-0.25, -0.2) is 0 Å². The Morgan fingerprint density at radius 2 is 1.85 bits per heavy atom. The molecule has 2 aromatic carbocycles. The van der Waals surface area contributed by atoms with E-state index in [1.54, 1.807) is 4.90 Å². The van der Waals surface area contributed by atoms with Crippen molar-refractivity contribution in [3.05, 3.63) is 69.8 Å². The number of carbonyl (C=O) groups excluding carboxylic acids is 2. The summed E-state index contributed by atoms with van der Waals surface area (Å²) in [4.78, 5) is 35.8. The van der Waals surface area contributed by atoms with Gasteiger partial charge in [-0.05, 0) is 32.4 Å². The lowest BCUT2D eigenvalue weighted by Gasteiger charge is -2.35. The molecule has 0 bridgehead atoms. The number of hydrogen-bond donors (Lipinski definition) is 0. The summed E-state index contributed by atoms with van der Waals surface area (Å²) in [6.45, 7) is 5.93. The first-order chi connectivity index (χ1) is 12.7. The average Bonchev–Trinajstić information content (AvgIpc) is 2.63. The summed E-state index contributed by atoms with van der Waals surface area (Å²) in [7, 11) is 0. The Labute approximate surface area is 157 Å². The fraction of sp³-hybridized carbons (Fsp3) is 0.300. The molecule has 0 fully saturated rings. The van der Waals surface area contributed by atoms with E-state index in [0.29, 0.717) is 12.8 Å². The fourth-order valence-corrected chi connectivity index (χ4v) is 2.56. The van der Waals surface area contributed by atoms with Gasteiger partial charge in [-0.1, -0.05) is 30.3 Å². The van der Waals surface area contributed by atoms with Crippen LogP contribution in [0.3, 0.4) is 0 Å². The first-order valence-electron chi connectivity index (χ1n) is 8.43. The molecule has 0 heterocycles. The highest BCUT2D eigenvalue weighted by molar-refractivity contribution is 5.82. The average molecular weight is 370 g/mol. The Kier molecular flexibility index (Phi) is 6.28. The van der Waals surface area contributed by atoms with Crippen molar-refractivity contribution < 1.29 is 19.2 Å². The quantitative estimate of drug-likeness (QED) is 0.422. The minimum Gasteiger partial charge on any atom is -0.483 e. The van der Waals surface area contributed by atoms with E-state index in [0.717, 1.165) is 11.6 Å². The molecule has 1 amide bonds. The molecule has 0 radical (unpaired) electrons. The molecule has 142 valence electrons. The van der Waals surface area contributed by atoms with Gasteiger partial charge in [0.05, 0.1) is 10.5 Å². The molecule has 7 heteroatoms. The van der Waals surface area contributed by atoms with E-state index in [9.17, 15) is 19.7 Å². The second-order valence-electron chi connectivity index (χ2n) is 7.02. The zero-order chi connectivity index (χ0) is 20.0. The lowest BCUT2D eigenvalue weighted by Crippen LogP contribution is -2.47. The van der Waals surface area contributed by atoms with Gasteiger partial charge in [0.25, 0.3) is 11.6 Å². The standard InChI is InChI=1S/C20H22N2O5/c1-20(2,3)21(12-15-7-5-4-6-8-15)19(24)14-27-18-10-9-17(22(25)26)11-16(18)13-23/h4-11,13H,12,14H2,1-3H3. The molecule has 0 aliphatic heterocycles.